The molecule has 0 aliphatic rings. The quantitative estimate of drug-likeness (QED) is 0.655. The van der Waals surface area contributed by atoms with E-state index >= 15 is 0 Å². The van der Waals surface area contributed by atoms with E-state index in [2.05, 4.69) is 9.97 Å². The Balaban J connectivity index is 2.26. The fourth-order valence-corrected chi connectivity index (χ4v) is 2.97. The van der Waals surface area contributed by atoms with Crippen LogP contribution in [0.1, 0.15) is 5.56 Å². The van der Waals surface area contributed by atoms with Crippen molar-refractivity contribution < 1.29 is 9.13 Å². The van der Waals surface area contributed by atoms with Crippen molar-refractivity contribution in [1.29, 1.82) is 0 Å². The van der Waals surface area contributed by atoms with Crippen LogP contribution in [-0.2, 0) is 0 Å². The first-order valence-corrected chi connectivity index (χ1v) is 7.11. The molecule has 2 heterocycles. The van der Waals surface area contributed by atoms with E-state index in [-0.39, 0.29) is 5.82 Å². The van der Waals surface area contributed by atoms with Gasteiger partial charge in [0.1, 0.15) is 21.6 Å². The molecule has 0 aliphatic carbocycles. The minimum Gasteiger partial charge on any atom is -0.495 e. The summed E-state index contributed by atoms with van der Waals surface area (Å²) in [6.45, 7) is 1.68. The molecule has 0 atom stereocenters. The van der Waals surface area contributed by atoms with Crippen LogP contribution in [0.4, 0.5) is 4.39 Å². The average molecular weight is 309 g/mol. The van der Waals surface area contributed by atoms with Crippen molar-refractivity contribution >= 4 is 33.8 Å². The summed E-state index contributed by atoms with van der Waals surface area (Å²) in [5.41, 5.74) is 1.00. The average Bonchev–Trinajstić information content (AvgIpc) is 2.89. The second-order valence-corrected chi connectivity index (χ2v) is 5.55. The minimum atomic E-state index is -0.309. The van der Waals surface area contributed by atoms with Gasteiger partial charge in [-0.2, -0.15) is 0 Å². The predicted octanol–water partition coefficient (Wildman–Crippen LogP) is 4.47. The minimum absolute atomic E-state index is 0.309. The number of benzene rings is 1. The first-order chi connectivity index (χ1) is 9.60. The first-order valence-electron chi connectivity index (χ1n) is 5.85. The SMILES string of the molecule is COc1ccsc1-c1nc(Cl)c2cc(C)c(F)cc2n1. The lowest BCUT2D eigenvalue weighted by molar-refractivity contribution is 0.418. The Labute approximate surface area is 124 Å². The van der Waals surface area contributed by atoms with Gasteiger partial charge in [0.05, 0.1) is 12.6 Å². The second kappa shape index (κ2) is 5.00. The Kier molecular flexibility index (Phi) is 3.31. The fraction of sp³-hybridized carbons (Fsp3) is 0.143. The highest BCUT2D eigenvalue weighted by Crippen LogP contribution is 2.35. The zero-order valence-electron chi connectivity index (χ0n) is 10.8. The van der Waals surface area contributed by atoms with E-state index in [9.17, 15) is 4.39 Å². The molecule has 3 nitrogen and oxygen atoms in total. The van der Waals surface area contributed by atoms with E-state index in [1.807, 2.05) is 11.4 Å². The molecule has 6 heteroatoms. The molecule has 20 heavy (non-hydrogen) atoms. The van der Waals surface area contributed by atoms with Gasteiger partial charge in [0.2, 0.25) is 0 Å². The highest BCUT2D eigenvalue weighted by molar-refractivity contribution is 7.13. The van der Waals surface area contributed by atoms with Gasteiger partial charge in [-0.05, 0) is 30.0 Å². The maximum Gasteiger partial charge on any atom is 0.175 e. The standard InChI is InChI=1S/C14H10ClFN2OS/c1-7-5-8-10(6-9(7)16)17-14(18-13(8)15)12-11(19-2)3-4-20-12/h3-6H,1-2H3. The Morgan fingerprint density at radius 3 is 2.85 bits per heavy atom. The Bertz CT molecular complexity index is 803. The normalized spacial score (nSPS) is 11.0. The zero-order valence-corrected chi connectivity index (χ0v) is 12.3. The fourth-order valence-electron chi connectivity index (χ4n) is 1.94. The van der Waals surface area contributed by atoms with Crippen LogP contribution in [0.15, 0.2) is 23.6 Å². The number of aromatic nitrogens is 2. The van der Waals surface area contributed by atoms with Crippen molar-refractivity contribution in [1.82, 2.24) is 9.97 Å². The number of hydrogen-bond donors (Lipinski definition) is 0. The van der Waals surface area contributed by atoms with E-state index in [0.717, 1.165) is 4.88 Å². The number of ether oxygens (including phenoxy) is 1. The lowest BCUT2D eigenvalue weighted by Gasteiger charge is -2.06. The number of rotatable bonds is 2. The van der Waals surface area contributed by atoms with Gasteiger partial charge in [0, 0.05) is 11.5 Å². The van der Waals surface area contributed by atoms with Crippen molar-refractivity contribution in [3.8, 4) is 16.5 Å². The topological polar surface area (TPSA) is 35.0 Å². The number of fused-ring (bicyclic) bond motifs is 1. The molecule has 0 saturated carbocycles. The molecule has 2 aromatic heterocycles. The van der Waals surface area contributed by atoms with Gasteiger partial charge < -0.3 is 4.74 Å². The number of halogens is 2. The molecule has 0 aliphatic heterocycles. The van der Waals surface area contributed by atoms with Gasteiger partial charge in [-0.1, -0.05) is 11.6 Å². The summed E-state index contributed by atoms with van der Waals surface area (Å²) in [5.74, 6) is 0.812. The molecule has 0 amide bonds. The van der Waals surface area contributed by atoms with Crippen LogP contribution >= 0.6 is 22.9 Å². The van der Waals surface area contributed by atoms with Crippen molar-refractivity contribution in [3.63, 3.8) is 0 Å². The summed E-state index contributed by atoms with van der Waals surface area (Å²) in [6.07, 6.45) is 0. The molecular weight excluding hydrogens is 299 g/mol. The van der Waals surface area contributed by atoms with Crippen molar-refractivity contribution in [2.45, 2.75) is 6.92 Å². The van der Waals surface area contributed by atoms with Gasteiger partial charge in [0.15, 0.2) is 5.82 Å². The Morgan fingerprint density at radius 2 is 2.10 bits per heavy atom. The van der Waals surface area contributed by atoms with Crippen molar-refractivity contribution in [2.75, 3.05) is 7.11 Å². The van der Waals surface area contributed by atoms with E-state index < -0.39 is 0 Å². The summed E-state index contributed by atoms with van der Waals surface area (Å²) in [7, 11) is 1.58. The molecule has 0 N–H and O–H groups in total. The van der Waals surface area contributed by atoms with Crippen LogP contribution in [-0.4, -0.2) is 17.1 Å². The van der Waals surface area contributed by atoms with Gasteiger partial charge in [-0.3, -0.25) is 0 Å². The van der Waals surface area contributed by atoms with Crippen LogP contribution in [0, 0.1) is 12.7 Å². The smallest absolute Gasteiger partial charge is 0.175 e. The molecule has 3 aromatic rings. The van der Waals surface area contributed by atoms with E-state index in [4.69, 9.17) is 16.3 Å². The molecule has 0 bridgehead atoms. The van der Waals surface area contributed by atoms with Crippen LogP contribution < -0.4 is 4.74 Å². The number of hydrogen-bond acceptors (Lipinski definition) is 4. The molecule has 0 spiro atoms. The highest BCUT2D eigenvalue weighted by atomic mass is 35.5. The number of methoxy groups -OCH3 is 1. The Morgan fingerprint density at radius 1 is 1.30 bits per heavy atom. The van der Waals surface area contributed by atoms with E-state index in [1.54, 1.807) is 20.1 Å². The third kappa shape index (κ3) is 2.13. The summed E-state index contributed by atoms with van der Waals surface area (Å²) in [6, 6.07) is 4.86. The second-order valence-electron chi connectivity index (χ2n) is 4.27. The third-order valence-corrected chi connectivity index (χ3v) is 4.16. The maximum atomic E-state index is 13.7. The molecule has 1 aromatic carbocycles. The van der Waals surface area contributed by atoms with Crippen LogP contribution in [0.25, 0.3) is 21.6 Å². The summed E-state index contributed by atoms with van der Waals surface area (Å²) < 4.78 is 18.9. The number of aryl methyl sites for hydroxylation is 1. The molecule has 3 rings (SSSR count). The summed E-state index contributed by atoms with van der Waals surface area (Å²) >= 11 is 7.64. The molecule has 102 valence electrons. The first kappa shape index (κ1) is 13.3. The lowest BCUT2D eigenvalue weighted by atomic mass is 10.1. The lowest BCUT2D eigenvalue weighted by Crippen LogP contribution is -1.94. The predicted molar refractivity (Wildman–Crippen MR) is 79.1 cm³/mol. The molecule has 0 radical (unpaired) electrons. The number of nitrogens with zero attached hydrogens (tertiary/aromatic N) is 2. The van der Waals surface area contributed by atoms with Gasteiger partial charge >= 0.3 is 0 Å². The van der Waals surface area contributed by atoms with E-state index in [1.165, 1.54) is 17.4 Å². The van der Waals surface area contributed by atoms with E-state index in [0.29, 0.717) is 33.2 Å². The van der Waals surface area contributed by atoms with Crippen LogP contribution in [0.5, 0.6) is 5.75 Å². The van der Waals surface area contributed by atoms with Gasteiger partial charge in [-0.15, -0.1) is 11.3 Å². The van der Waals surface area contributed by atoms with Gasteiger partial charge in [0.25, 0.3) is 0 Å². The zero-order chi connectivity index (χ0) is 14.3. The maximum absolute atomic E-state index is 13.7. The largest absolute Gasteiger partial charge is 0.495 e. The number of thiophene rings is 1. The third-order valence-electron chi connectivity index (χ3n) is 2.98. The monoisotopic (exact) mass is 308 g/mol. The summed E-state index contributed by atoms with van der Waals surface area (Å²) in [4.78, 5) is 9.44. The summed E-state index contributed by atoms with van der Waals surface area (Å²) in [5, 5.41) is 2.83. The van der Waals surface area contributed by atoms with Crippen LogP contribution in [0.3, 0.4) is 0 Å². The van der Waals surface area contributed by atoms with Crippen molar-refractivity contribution in [2.24, 2.45) is 0 Å². The Hall–Kier alpha value is -1.72. The molecule has 0 unspecified atom stereocenters. The molecule has 0 saturated heterocycles. The molecular formula is C14H10ClFN2OS. The van der Waals surface area contributed by atoms with Gasteiger partial charge in [-0.25, -0.2) is 14.4 Å². The van der Waals surface area contributed by atoms with Crippen molar-refractivity contribution in [3.05, 3.63) is 40.1 Å². The highest BCUT2D eigenvalue weighted by Gasteiger charge is 2.14. The molecule has 0 fully saturated rings. The van der Waals surface area contributed by atoms with Crippen LogP contribution in [0.2, 0.25) is 5.15 Å².